The van der Waals surface area contributed by atoms with Crippen LogP contribution in [0.25, 0.3) is 0 Å². The third-order valence-corrected chi connectivity index (χ3v) is 6.04. The highest BCUT2D eigenvalue weighted by Gasteiger charge is 2.21. The van der Waals surface area contributed by atoms with E-state index in [1.165, 1.54) is 11.3 Å². The topological polar surface area (TPSA) is 67.4 Å². The molecule has 0 spiro atoms. The Morgan fingerprint density at radius 2 is 2.29 bits per heavy atom. The second kappa shape index (κ2) is 7.69. The number of hydrogen-bond acceptors (Lipinski definition) is 5. The molecular formula is C14H24N2O3S2. The van der Waals surface area contributed by atoms with Crippen LogP contribution in [0.2, 0.25) is 0 Å². The molecule has 1 atom stereocenters. The van der Waals surface area contributed by atoms with Gasteiger partial charge in [-0.1, -0.05) is 13.8 Å². The minimum absolute atomic E-state index is 0.206. The minimum Gasteiger partial charge on any atom is -0.378 e. The summed E-state index contributed by atoms with van der Waals surface area (Å²) >= 11 is 1.47. The van der Waals surface area contributed by atoms with Crippen LogP contribution < -0.4 is 10.0 Å². The van der Waals surface area contributed by atoms with E-state index in [2.05, 4.69) is 10.0 Å². The molecule has 1 aromatic heterocycles. The van der Waals surface area contributed by atoms with Gasteiger partial charge in [-0.05, 0) is 30.7 Å². The van der Waals surface area contributed by atoms with Gasteiger partial charge in [-0.3, -0.25) is 0 Å². The van der Waals surface area contributed by atoms with Gasteiger partial charge in [0.1, 0.15) is 0 Å². The second-order valence-corrected chi connectivity index (χ2v) is 8.30. The maximum Gasteiger partial charge on any atom is 0.241 e. The Hall–Kier alpha value is -0.470. The number of sulfonamides is 1. The van der Waals surface area contributed by atoms with E-state index in [0.717, 1.165) is 30.7 Å². The fourth-order valence-corrected chi connectivity index (χ4v) is 4.74. The summed E-state index contributed by atoms with van der Waals surface area (Å²) in [7, 11) is -3.42. The first-order chi connectivity index (χ1) is 9.99. The summed E-state index contributed by atoms with van der Waals surface area (Å²) in [5, 5.41) is 5.08. The Morgan fingerprint density at radius 1 is 1.48 bits per heavy atom. The van der Waals surface area contributed by atoms with Gasteiger partial charge < -0.3 is 10.1 Å². The lowest BCUT2D eigenvalue weighted by Crippen LogP contribution is -2.28. The Kier molecular flexibility index (Phi) is 6.19. The second-order valence-electron chi connectivity index (χ2n) is 5.57. The monoisotopic (exact) mass is 332 g/mol. The Labute approximate surface area is 131 Å². The molecule has 5 nitrogen and oxygen atoms in total. The smallest absolute Gasteiger partial charge is 0.241 e. The first-order valence-corrected chi connectivity index (χ1v) is 9.76. The molecular weight excluding hydrogens is 308 g/mol. The van der Waals surface area contributed by atoms with E-state index in [0.29, 0.717) is 24.0 Å². The van der Waals surface area contributed by atoms with E-state index in [-0.39, 0.29) is 6.10 Å². The lowest BCUT2D eigenvalue weighted by molar-refractivity contribution is 0.105. The Morgan fingerprint density at radius 3 is 2.95 bits per heavy atom. The number of hydrogen-bond donors (Lipinski definition) is 2. The van der Waals surface area contributed by atoms with Crippen LogP contribution in [-0.2, 0) is 21.3 Å². The molecule has 2 N–H and O–H groups in total. The molecule has 120 valence electrons. The molecule has 0 aromatic carbocycles. The minimum atomic E-state index is -3.42. The van der Waals surface area contributed by atoms with Crippen molar-refractivity contribution in [1.29, 1.82) is 0 Å². The van der Waals surface area contributed by atoms with Crippen LogP contribution in [0.3, 0.4) is 0 Å². The molecule has 1 saturated heterocycles. The molecule has 0 radical (unpaired) electrons. The molecule has 1 aromatic rings. The van der Waals surface area contributed by atoms with Gasteiger partial charge in [-0.2, -0.15) is 0 Å². The molecule has 2 rings (SSSR count). The molecule has 2 heterocycles. The molecule has 0 bridgehead atoms. The Balaban J connectivity index is 1.90. The van der Waals surface area contributed by atoms with Crippen LogP contribution in [0.1, 0.15) is 38.0 Å². The molecule has 1 unspecified atom stereocenters. The number of rotatable bonds is 8. The lowest BCUT2D eigenvalue weighted by atomic mass is 10.2. The lowest BCUT2D eigenvalue weighted by Gasteiger charge is -2.12. The van der Waals surface area contributed by atoms with Crippen molar-refractivity contribution in [3.05, 3.63) is 16.3 Å². The summed E-state index contributed by atoms with van der Waals surface area (Å²) in [6.07, 6.45) is 3.05. The highest BCUT2D eigenvalue weighted by Crippen LogP contribution is 2.22. The van der Waals surface area contributed by atoms with Crippen molar-refractivity contribution in [2.75, 3.05) is 13.2 Å². The van der Waals surface area contributed by atoms with Crippen LogP contribution in [0, 0.1) is 0 Å². The third kappa shape index (κ3) is 5.03. The Bertz CT molecular complexity index is 534. The van der Waals surface area contributed by atoms with Crippen LogP contribution in [0.4, 0.5) is 0 Å². The van der Waals surface area contributed by atoms with E-state index < -0.39 is 10.0 Å². The van der Waals surface area contributed by atoms with E-state index in [1.54, 1.807) is 6.07 Å². The summed E-state index contributed by atoms with van der Waals surface area (Å²) in [4.78, 5) is 1.25. The van der Waals surface area contributed by atoms with Gasteiger partial charge >= 0.3 is 0 Å². The SMILES string of the molecule is CC(C)NCc1sccc1S(=O)(=O)NCCC1CCCO1. The predicted molar refractivity (Wildman–Crippen MR) is 85.1 cm³/mol. The normalized spacial score (nSPS) is 19.5. The van der Waals surface area contributed by atoms with Crippen LogP contribution >= 0.6 is 11.3 Å². The molecule has 1 aliphatic heterocycles. The van der Waals surface area contributed by atoms with Gasteiger partial charge in [0.2, 0.25) is 10.0 Å². The van der Waals surface area contributed by atoms with Crippen molar-refractivity contribution in [3.8, 4) is 0 Å². The molecule has 7 heteroatoms. The fourth-order valence-electron chi connectivity index (χ4n) is 2.30. The van der Waals surface area contributed by atoms with Gasteiger partial charge in [0.15, 0.2) is 0 Å². The first kappa shape index (κ1) is 16.9. The van der Waals surface area contributed by atoms with Crippen molar-refractivity contribution in [2.24, 2.45) is 0 Å². The van der Waals surface area contributed by atoms with Gasteiger partial charge in [0.25, 0.3) is 0 Å². The standard InChI is InChI=1S/C14H24N2O3S2/c1-11(2)15-10-13-14(6-9-20-13)21(17,18)16-7-5-12-4-3-8-19-12/h6,9,11-12,15-16H,3-5,7-8,10H2,1-2H3. The third-order valence-electron chi connectivity index (χ3n) is 3.45. The van der Waals surface area contributed by atoms with Gasteiger partial charge in [-0.25, -0.2) is 13.1 Å². The zero-order valence-corrected chi connectivity index (χ0v) is 14.2. The summed E-state index contributed by atoms with van der Waals surface area (Å²) in [5.41, 5.74) is 0. The van der Waals surface area contributed by atoms with Gasteiger partial charge in [0.05, 0.1) is 11.0 Å². The van der Waals surface area contributed by atoms with Crippen molar-refractivity contribution in [3.63, 3.8) is 0 Å². The quantitative estimate of drug-likeness (QED) is 0.765. The van der Waals surface area contributed by atoms with E-state index in [1.807, 2.05) is 19.2 Å². The summed E-state index contributed by atoms with van der Waals surface area (Å²) < 4.78 is 32.9. The van der Waals surface area contributed by atoms with E-state index in [4.69, 9.17) is 4.74 Å². The maximum absolute atomic E-state index is 12.4. The largest absolute Gasteiger partial charge is 0.378 e. The van der Waals surface area contributed by atoms with Crippen molar-refractivity contribution in [1.82, 2.24) is 10.0 Å². The van der Waals surface area contributed by atoms with Crippen LogP contribution in [0.15, 0.2) is 16.3 Å². The van der Waals surface area contributed by atoms with E-state index >= 15 is 0 Å². The predicted octanol–water partition coefficient (Wildman–Crippen LogP) is 2.09. The average molecular weight is 332 g/mol. The summed E-state index contributed by atoms with van der Waals surface area (Å²) in [6.45, 7) is 5.90. The zero-order chi connectivity index (χ0) is 15.3. The average Bonchev–Trinajstić information content (AvgIpc) is 3.07. The number of ether oxygens (including phenoxy) is 1. The highest BCUT2D eigenvalue weighted by molar-refractivity contribution is 7.89. The number of nitrogens with one attached hydrogen (secondary N) is 2. The molecule has 0 saturated carbocycles. The first-order valence-electron chi connectivity index (χ1n) is 7.40. The van der Waals surface area contributed by atoms with Crippen molar-refractivity contribution < 1.29 is 13.2 Å². The molecule has 21 heavy (non-hydrogen) atoms. The van der Waals surface area contributed by atoms with Gasteiger partial charge in [0, 0.05) is 30.6 Å². The molecule has 0 amide bonds. The van der Waals surface area contributed by atoms with Crippen molar-refractivity contribution in [2.45, 2.75) is 56.7 Å². The van der Waals surface area contributed by atoms with Crippen LogP contribution in [0.5, 0.6) is 0 Å². The molecule has 1 aliphatic rings. The van der Waals surface area contributed by atoms with E-state index in [9.17, 15) is 8.42 Å². The number of thiophene rings is 1. The summed E-state index contributed by atoms with van der Waals surface area (Å²) in [5.74, 6) is 0. The van der Waals surface area contributed by atoms with Gasteiger partial charge in [-0.15, -0.1) is 11.3 Å². The summed E-state index contributed by atoms with van der Waals surface area (Å²) in [6, 6.07) is 2.01. The van der Waals surface area contributed by atoms with Crippen LogP contribution in [-0.4, -0.2) is 33.7 Å². The molecule has 1 fully saturated rings. The van der Waals surface area contributed by atoms with Crippen molar-refractivity contribution >= 4 is 21.4 Å². The maximum atomic E-state index is 12.4. The molecule has 0 aliphatic carbocycles. The fraction of sp³-hybridized carbons (Fsp3) is 0.714. The zero-order valence-electron chi connectivity index (χ0n) is 12.6. The highest BCUT2D eigenvalue weighted by atomic mass is 32.2.